The van der Waals surface area contributed by atoms with Crippen molar-refractivity contribution in [2.75, 3.05) is 6.54 Å². The Morgan fingerprint density at radius 1 is 1.14 bits per heavy atom. The van der Waals surface area contributed by atoms with Crippen LogP contribution in [0, 0.1) is 11.8 Å². The Balaban J connectivity index is 1.41. The van der Waals surface area contributed by atoms with E-state index in [-0.39, 0.29) is 23.8 Å². The smallest absolute Gasteiger partial charge is 0.270 e. The molecule has 186 valence electrons. The van der Waals surface area contributed by atoms with E-state index in [0.29, 0.717) is 24.6 Å². The van der Waals surface area contributed by atoms with E-state index >= 15 is 0 Å². The number of amides is 2. The van der Waals surface area contributed by atoms with Crippen molar-refractivity contribution < 1.29 is 9.59 Å². The molecule has 4 heterocycles. The van der Waals surface area contributed by atoms with Crippen LogP contribution in [-0.2, 0) is 17.8 Å². The highest BCUT2D eigenvalue weighted by Gasteiger charge is 2.29. The summed E-state index contributed by atoms with van der Waals surface area (Å²) in [5.74, 6) is 0.299. The molecule has 1 unspecified atom stereocenters. The third-order valence-corrected chi connectivity index (χ3v) is 7.47. The van der Waals surface area contributed by atoms with E-state index in [9.17, 15) is 9.59 Å². The average Bonchev–Trinajstić information content (AvgIpc) is 3.43. The molecule has 0 radical (unpaired) electrons. The van der Waals surface area contributed by atoms with Crippen molar-refractivity contribution >= 4 is 17.5 Å². The molecule has 1 aliphatic carbocycles. The number of hydrogen-bond donors (Lipinski definition) is 2. The maximum absolute atomic E-state index is 13.3. The summed E-state index contributed by atoms with van der Waals surface area (Å²) in [5, 5.41) is 15.3. The molecular weight excluding hydrogens is 442 g/mol. The Kier molecular flexibility index (Phi) is 7.11. The molecule has 2 amide bonds. The predicted octanol–water partition coefficient (Wildman–Crippen LogP) is 3.46. The van der Waals surface area contributed by atoms with Crippen molar-refractivity contribution in [3.63, 3.8) is 0 Å². The minimum atomic E-state index is -0.185. The quantitative estimate of drug-likeness (QED) is 0.507. The Hall–Kier alpha value is -3.23. The van der Waals surface area contributed by atoms with E-state index in [1.54, 1.807) is 21.5 Å². The number of aryl methyl sites for hydroxylation is 1. The molecule has 1 aliphatic heterocycles. The molecule has 3 aromatic heterocycles. The zero-order chi connectivity index (χ0) is 24.2. The molecule has 2 N–H and O–H groups in total. The fourth-order valence-corrected chi connectivity index (χ4v) is 5.55. The maximum Gasteiger partial charge on any atom is 0.270 e. The first-order chi connectivity index (χ1) is 17.1. The summed E-state index contributed by atoms with van der Waals surface area (Å²) in [6.45, 7) is 3.39. The minimum absolute atomic E-state index is 0.0295. The fraction of sp³-hybridized carbons (Fsp3) is 0.577. The van der Waals surface area contributed by atoms with Crippen molar-refractivity contribution in [3.05, 3.63) is 47.7 Å². The van der Waals surface area contributed by atoms with Gasteiger partial charge in [0.2, 0.25) is 5.91 Å². The zero-order valence-corrected chi connectivity index (χ0v) is 20.4. The van der Waals surface area contributed by atoms with Gasteiger partial charge >= 0.3 is 0 Å². The number of nitrogens with one attached hydrogen (secondary N) is 2. The average molecular weight is 478 g/mol. The van der Waals surface area contributed by atoms with Crippen LogP contribution in [0.1, 0.15) is 86.2 Å². The summed E-state index contributed by atoms with van der Waals surface area (Å²) in [6, 6.07) is 5.51. The molecular formula is C26H35N7O2. The second kappa shape index (κ2) is 10.6. The first-order valence-electron chi connectivity index (χ1n) is 13.1. The molecule has 9 nitrogen and oxygen atoms in total. The second-order valence-corrected chi connectivity index (χ2v) is 9.86. The van der Waals surface area contributed by atoms with Gasteiger partial charge in [-0.3, -0.25) is 14.3 Å². The van der Waals surface area contributed by atoms with Gasteiger partial charge in [-0.15, -0.1) is 0 Å². The SMILES string of the molecule is CCn1nccc1C(=O)N[C@H](c1cn2nc(CC3CCCNC3=O)ccc2n1)C1CCCCCC1. The lowest BCUT2D eigenvalue weighted by molar-refractivity contribution is -0.126. The van der Waals surface area contributed by atoms with E-state index in [1.165, 1.54) is 25.7 Å². The van der Waals surface area contributed by atoms with Crippen LogP contribution in [0.15, 0.2) is 30.6 Å². The molecule has 5 rings (SSSR count). The monoisotopic (exact) mass is 477 g/mol. The highest BCUT2D eigenvalue weighted by molar-refractivity contribution is 5.92. The third kappa shape index (κ3) is 5.23. The van der Waals surface area contributed by atoms with E-state index < -0.39 is 0 Å². The van der Waals surface area contributed by atoms with Gasteiger partial charge in [-0.05, 0) is 56.7 Å². The van der Waals surface area contributed by atoms with E-state index in [2.05, 4.69) is 15.7 Å². The van der Waals surface area contributed by atoms with Crippen LogP contribution in [0.2, 0.25) is 0 Å². The van der Waals surface area contributed by atoms with Gasteiger partial charge in [0.05, 0.1) is 23.6 Å². The Morgan fingerprint density at radius 3 is 2.74 bits per heavy atom. The summed E-state index contributed by atoms with van der Waals surface area (Å²) in [5.41, 5.74) is 3.04. The fourth-order valence-electron chi connectivity index (χ4n) is 5.55. The number of aromatic nitrogens is 5. The summed E-state index contributed by atoms with van der Waals surface area (Å²) < 4.78 is 3.52. The van der Waals surface area contributed by atoms with Crippen LogP contribution in [0.3, 0.4) is 0 Å². The van der Waals surface area contributed by atoms with Crippen molar-refractivity contribution in [1.82, 2.24) is 35.0 Å². The van der Waals surface area contributed by atoms with Gasteiger partial charge < -0.3 is 10.6 Å². The lowest BCUT2D eigenvalue weighted by atomic mass is 9.90. The summed E-state index contributed by atoms with van der Waals surface area (Å²) in [7, 11) is 0. The van der Waals surface area contributed by atoms with E-state index in [1.807, 2.05) is 25.3 Å². The molecule has 2 aliphatic rings. The van der Waals surface area contributed by atoms with E-state index in [4.69, 9.17) is 10.1 Å². The van der Waals surface area contributed by atoms with Gasteiger partial charge in [0.25, 0.3) is 5.91 Å². The molecule has 2 fully saturated rings. The number of hydrogen-bond acceptors (Lipinski definition) is 5. The van der Waals surface area contributed by atoms with Gasteiger partial charge in [0, 0.05) is 31.6 Å². The second-order valence-electron chi connectivity index (χ2n) is 9.86. The molecule has 9 heteroatoms. The molecule has 2 atom stereocenters. The number of rotatable bonds is 7. The summed E-state index contributed by atoms with van der Waals surface area (Å²) in [4.78, 5) is 30.3. The third-order valence-electron chi connectivity index (χ3n) is 7.47. The van der Waals surface area contributed by atoms with Gasteiger partial charge in [-0.1, -0.05) is 25.7 Å². The highest BCUT2D eigenvalue weighted by Crippen LogP contribution is 2.33. The zero-order valence-electron chi connectivity index (χ0n) is 20.4. The van der Waals surface area contributed by atoms with Crippen molar-refractivity contribution in [1.29, 1.82) is 0 Å². The van der Waals surface area contributed by atoms with Gasteiger partial charge in [-0.25, -0.2) is 9.50 Å². The Morgan fingerprint density at radius 2 is 1.97 bits per heavy atom. The van der Waals surface area contributed by atoms with Crippen molar-refractivity contribution in [2.45, 2.75) is 77.3 Å². The molecule has 0 aromatic carbocycles. The van der Waals surface area contributed by atoms with Crippen molar-refractivity contribution in [2.24, 2.45) is 11.8 Å². The van der Waals surface area contributed by atoms with E-state index in [0.717, 1.165) is 49.3 Å². The molecule has 1 saturated heterocycles. The maximum atomic E-state index is 13.3. The number of carbonyl (C=O) groups is 2. The number of nitrogens with zero attached hydrogens (tertiary/aromatic N) is 5. The van der Waals surface area contributed by atoms with Crippen LogP contribution < -0.4 is 10.6 Å². The first-order valence-corrected chi connectivity index (χ1v) is 13.1. The van der Waals surface area contributed by atoms with Crippen LogP contribution in [0.25, 0.3) is 5.65 Å². The van der Waals surface area contributed by atoms with Gasteiger partial charge in [-0.2, -0.15) is 10.2 Å². The largest absolute Gasteiger partial charge is 0.356 e. The lowest BCUT2D eigenvalue weighted by Gasteiger charge is -2.26. The number of carbonyl (C=O) groups excluding carboxylic acids is 2. The Labute approximate surface area is 205 Å². The summed E-state index contributed by atoms with van der Waals surface area (Å²) in [6.07, 6.45) is 13.1. The highest BCUT2D eigenvalue weighted by atomic mass is 16.2. The van der Waals surface area contributed by atoms with Crippen LogP contribution in [0.4, 0.5) is 0 Å². The van der Waals surface area contributed by atoms with Crippen molar-refractivity contribution in [3.8, 4) is 0 Å². The molecule has 0 bridgehead atoms. The van der Waals surface area contributed by atoms with Gasteiger partial charge in [0.1, 0.15) is 5.69 Å². The Bertz CT molecular complexity index is 1180. The minimum Gasteiger partial charge on any atom is -0.356 e. The van der Waals surface area contributed by atoms with Crippen LogP contribution in [0.5, 0.6) is 0 Å². The van der Waals surface area contributed by atoms with Crippen LogP contribution >= 0.6 is 0 Å². The molecule has 35 heavy (non-hydrogen) atoms. The van der Waals surface area contributed by atoms with Crippen LogP contribution in [-0.4, -0.2) is 42.7 Å². The topological polar surface area (TPSA) is 106 Å². The number of piperidine rings is 1. The predicted molar refractivity (Wildman–Crippen MR) is 132 cm³/mol. The normalized spacial score (nSPS) is 20.4. The number of imidazole rings is 1. The molecule has 3 aromatic rings. The molecule has 0 spiro atoms. The number of fused-ring (bicyclic) bond motifs is 1. The van der Waals surface area contributed by atoms with Gasteiger partial charge in [0.15, 0.2) is 5.65 Å². The lowest BCUT2D eigenvalue weighted by Crippen LogP contribution is -2.37. The first kappa shape index (κ1) is 23.5. The molecule has 1 saturated carbocycles. The standard InChI is InChI=1S/C26H35N7O2/c1-2-32-22(13-15-28-32)26(35)30-24(18-8-5-3-4-6-9-18)21-17-33-23(29-21)12-11-20(31-33)16-19-10-7-14-27-25(19)34/h11-13,15,17-19,24H,2-10,14,16H2,1H3,(H,27,34)(H,30,35)/t19?,24-/m0/s1. The summed E-state index contributed by atoms with van der Waals surface area (Å²) >= 11 is 0.